The first-order valence-electron chi connectivity index (χ1n) is 7.25. The van der Waals surface area contributed by atoms with Crippen LogP contribution in [0.2, 0.25) is 0 Å². The summed E-state index contributed by atoms with van der Waals surface area (Å²) in [7, 11) is 3.92. The van der Waals surface area contributed by atoms with E-state index in [1.54, 1.807) is 7.11 Å². The van der Waals surface area contributed by atoms with E-state index in [-0.39, 0.29) is 0 Å². The van der Waals surface area contributed by atoms with Crippen molar-refractivity contribution in [1.29, 1.82) is 0 Å². The molecule has 1 aromatic carbocycles. The van der Waals surface area contributed by atoms with Gasteiger partial charge < -0.3 is 15.0 Å². The minimum absolute atomic E-state index is 0.408. The van der Waals surface area contributed by atoms with Crippen LogP contribution in [0.25, 0.3) is 0 Å². The van der Waals surface area contributed by atoms with E-state index in [1.165, 1.54) is 31.5 Å². The van der Waals surface area contributed by atoms with Gasteiger partial charge in [-0.3, -0.25) is 0 Å². The number of benzene rings is 1. The van der Waals surface area contributed by atoms with Crippen LogP contribution in [-0.2, 0) is 0 Å². The highest BCUT2D eigenvalue weighted by atomic mass is 16.5. The van der Waals surface area contributed by atoms with Crippen LogP contribution < -0.4 is 10.1 Å². The predicted molar refractivity (Wildman–Crippen MR) is 79.6 cm³/mol. The van der Waals surface area contributed by atoms with Gasteiger partial charge in [-0.25, -0.2) is 0 Å². The van der Waals surface area contributed by atoms with Crippen molar-refractivity contribution in [1.82, 2.24) is 10.2 Å². The Hall–Kier alpha value is -1.06. The van der Waals surface area contributed by atoms with E-state index >= 15 is 0 Å². The van der Waals surface area contributed by atoms with Gasteiger partial charge in [0.15, 0.2) is 0 Å². The summed E-state index contributed by atoms with van der Waals surface area (Å²) in [5.74, 6) is 1.75. The molecule has 0 saturated carbocycles. The van der Waals surface area contributed by atoms with Gasteiger partial charge in [0.05, 0.1) is 7.11 Å². The van der Waals surface area contributed by atoms with Crippen molar-refractivity contribution in [2.24, 2.45) is 5.92 Å². The number of likely N-dealkylation sites (tertiary alicyclic amines) is 1. The molecule has 1 atom stereocenters. The number of nitrogens with one attached hydrogen (secondary N) is 1. The number of hydrogen-bond acceptors (Lipinski definition) is 3. The second-order valence-electron chi connectivity index (χ2n) is 5.65. The summed E-state index contributed by atoms with van der Waals surface area (Å²) in [6, 6.07) is 8.76. The summed E-state index contributed by atoms with van der Waals surface area (Å²) in [5.41, 5.74) is 1.33. The third-order valence-electron chi connectivity index (χ3n) is 4.17. The molecule has 2 rings (SSSR count). The van der Waals surface area contributed by atoms with E-state index in [4.69, 9.17) is 4.74 Å². The molecular formula is C16H26N2O. The van der Waals surface area contributed by atoms with Crippen LogP contribution in [0.3, 0.4) is 0 Å². The summed E-state index contributed by atoms with van der Waals surface area (Å²) >= 11 is 0. The molecule has 1 saturated heterocycles. The molecule has 1 fully saturated rings. The van der Waals surface area contributed by atoms with Crippen molar-refractivity contribution in [2.75, 3.05) is 33.8 Å². The highest BCUT2D eigenvalue weighted by Gasteiger charge is 2.17. The zero-order valence-electron chi connectivity index (χ0n) is 12.4. The minimum atomic E-state index is 0.408. The standard InChI is InChI=1S/C16H26N2O/c1-13(15-4-6-16(19-3)7-5-15)17-12-14-8-10-18(2)11-9-14/h4-7,13-14,17H,8-12H2,1-3H3/t13-/m0/s1. The van der Waals surface area contributed by atoms with Crippen LogP contribution in [0.5, 0.6) is 5.75 Å². The normalized spacial score (nSPS) is 19.3. The molecule has 0 amide bonds. The molecule has 0 spiro atoms. The number of methoxy groups -OCH3 is 1. The molecule has 1 heterocycles. The molecule has 0 radical (unpaired) electrons. The maximum atomic E-state index is 5.19. The van der Waals surface area contributed by atoms with Gasteiger partial charge in [0.2, 0.25) is 0 Å². The van der Waals surface area contributed by atoms with Crippen LogP contribution in [-0.4, -0.2) is 38.7 Å². The SMILES string of the molecule is COc1ccc([C@H](C)NCC2CCN(C)CC2)cc1. The molecule has 1 aromatic rings. The lowest BCUT2D eigenvalue weighted by Crippen LogP contribution is -2.35. The van der Waals surface area contributed by atoms with E-state index in [0.29, 0.717) is 6.04 Å². The summed E-state index contributed by atoms with van der Waals surface area (Å²) < 4.78 is 5.19. The lowest BCUT2D eigenvalue weighted by molar-refractivity contribution is 0.213. The molecule has 0 aliphatic carbocycles. The first-order chi connectivity index (χ1) is 9.19. The molecule has 19 heavy (non-hydrogen) atoms. The van der Waals surface area contributed by atoms with E-state index in [2.05, 4.69) is 36.3 Å². The van der Waals surface area contributed by atoms with E-state index in [1.807, 2.05) is 12.1 Å². The molecule has 3 heteroatoms. The van der Waals surface area contributed by atoms with Crippen molar-refractivity contribution in [3.05, 3.63) is 29.8 Å². The first kappa shape index (κ1) is 14.4. The van der Waals surface area contributed by atoms with Crippen molar-refractivity contribution in [2.45, 2.75) is 25.8 Å². The van der Waals surface area contributed by atoms with Gasteiger partial charge in [-0.2, -0.15) is 0 Å². The zero-order valence-corrected chi connectivity index (χ0v) is 12.4. The minimum Gasteiger partial charge on any atom is -0.497 e. The van der Waals surface area contributed by atoms with Crippen molar-refractivity contribution >= 4 is 0 Å². The Morgan fingerprint density at radius 2 is 1.89 bits per heavy atom. The summed E-state index contributed by atoms with van der Waals surface area (Å²) in [6.07, 6.45) is 2.64. The fourth-order valence-electron chi connectivity index (χ4n) is 2.62. The van der Waals surface area contributed by atoms with Gasteiger partial charge >= 0.3 is 0 Å². The zero-order chi connectivity index (χ0) is 13.7. The smallest absolute Gasteiger partial charge is 0.118 e. The molecule has 0 unspecified atom stereocenters. The largest absolute Gasteiger partial charge is 0.497 e. The average Bonchev–Trinajstić information content (AvgIpc) is 2.46. The van der Waals surface area contributed by atoms with E-state index < -0.39 is 0 Å². The Bertz CT molecular complexity index is 369. The van der Waals surface area contributed by atoms with Crippen LogP contribution in [0.4, 0.5) is 0 Å². The maximum absolute atomic E-state index is 5.19. The van der Waals surface area contributed by atoms with E-state index in [9.17, 15) is 0 Å². The molecule has 1 aliphatic heterocycles. The van der Waals surface area contributed by atoms with Gasteiger partial charge in [0.1, 0.15) is 5.75 Å². The summed E-state index contributed by atoms with van der Waals surface area (Å²) in [6.45, 7) is 5.84. The van der Waals surface area contributed by atoms with Crippen LogP contribution in [0.15, 0.2) is 24.3 Å². The number of piperidine rings is 1. The molecule has 106 valence electrons. The third-order valence-corrected chi connectivity index (χ3v) is 4.17. The first-order valence-corrected chi connectivity index (χ1v) is 7.25. The topological polar surface area (TPSA) is 24.5 Å². The fraction of sp³-hybridized carbons (Fsp3) is 0.625. The Morgan fingerprint density at radius 1 is 1.26 bits per heavy atom. The predicted octanol–water partition coefficient (Wildman–Crippen LogP) is 2.69. The van der Waals surface area contributed by atoms with Crippen LogP contribution in [0.1, 0.15) is 31.4 Å². The monoisotopic (exact) mass is 262 g/mol. The number of rotatable bonds is 5. The lowest BCUT2D eigenvalue weighted by atomic mass is 9.96. The summed E-state index contributed by atoms with van der Waals surface area (Å²) in [5, 5.41) is 3.66. The molecule has 0 aromatic heterocycles. The second kappa shape index (κ2) is 6.92. The number of hydrogen-bond donors (Lipinski definition) is 1. The average molecular weight is 262 g/mol. The lowest BCUT2D eigenvalue weighted by Gasteiger charge is -2.30. The Labute approximate surface area is 116 Å². The molecule has 1 aliphatic rings. The third kappa shape index (κ3) is 4.22. The van der Waals surface area contributed by atoms with Crippen molar-refractivity contribution in [3.63, 3.8) is 0 Å². The molecular weight excluding hydrogens is 236 g/mol. The Balaban J connectivity index is 1.78. The quantitative estimate of drug-likeness (QED) is 0.883. The highest BCUT2D eigenvalue weighted by molar-refractivity contribution is 5.28. The molecule has 1 N–H and O–H groups in total. The van der Waals surface area contributed by atoms with Gasteiger partial charge in [0.25, 0.3) is 0 Å². The van der Waals surface area contributed by atoms with Crippen LogP contribution in [0, 0.1) is 5.92 Å². The second-order valence-corrected chi connectivity index (χ2v) is 5.65. The van der Waals surface area contributed by atoms with Gasteiger partial charge in [0, 0.05) is 6.04 Å². The molecule has 0 bridgehead atoms. The van der Waals surface area contributed by atoms with Crippen molar-refractivity contribution < 1.29 is 4.74 Å². The number of nitrogens with zero attached hydrogens (tertiary/aromatic N) is 1. The van der Waals surface area contributed by atoms with E-state index in [0.717, 1.165) is 18.2 Å². The highest BCUT2D eigenvalue weighted by Crippen LogP contribution is 2.19. The Kier molecular flexibility index (Phi) is 5.23. The van der Waals surface area contributed by atoms with Gasteiger partial charge in [-0.15, -0.1) is 0 Å². The van der Waals surface area contributed by atoms with Gasteiger partial charge in [-0.1, -0.05) is 12.1 Å². The van der Waals surface area contributed by atoms with Crippen molar-refractivity contribution in [3.8, 4) is 5.75 Å². The number of ether oxygens (including phenoxy) is 1. The Morgan fingerprint density at radius 3 is 2.47 bits per heavy atom. The fourth-order valence-corrected chi connectivity index (χ4v) is 2.62. The maximum Gasteiger partial charge on any atom is 0.118 e. The molecule has 3 nitrogen and oxygen atoms in total. The summed E-state index contributed by atoms with van der Waals surface area (Å²) in [4.78, 5) is 2.42. The van der Waals surface area contributed by atoms with Gasteiger partial charge in [-0.05, 0) is 70.1 Å². The van der Waals surface area contributed by atoms with Crippen LogP contribution >= 0.6 is 0 Å².